The Labute approximate surface area is 111 Å². The number of nitrogens with zero attached hydrogens (tertiary/aromatic N) is 1. The highest BCUT2D eigenvalue weighted by Crippen LogP contribution is 2.25. The van der Waals surface area contributed by atoms with E-state index in [1.54, 1.807) is 50.5 Å². The fraction of sp³-hybridized carbons (Fsp3) is 0.133. The second kappa shape index (κ2) is 5.52. The number of carbonyl (C=O) groups is 1. The van der Waals surface area contributed by atoms with Crippen molar-refractivity contribution in [3.05, 3.63) is 54.1 Å². The molecular weight excluding hydrogens is 245 g/mol. The van der Waals surface area contributed by atoms with Crippen LogP contribution in [0.2, 0.25) is 0 Å². The van der Waals surface area contributed by atoms with Crippen LogP contribution in [0, 0.1) is 5.82 Å². The minimum absolute atomic E-state index is 0.135. The predicted molar refractivity (Wildman–Crippen MR) is 71.8 cm³/mol. The van der Waals surface area contributed by atoms with E-state index in [0.29, 0.717) is 17.1 Å². The van der Waals surface area contributed by atoms with Gasteiger partial charge in [-0.3, -0.25) is 4.79 Å². The molecule has 0 aliphatic carbocycles. The average Bonchev–Trinajstić information content (AvgIpc) is 2.85. The summed E-state index contributed by atoms with van der Waals surface area (Å²) < 4.78 is 19.0. The van der Waals surface area contributed by atoms with Crippen LogP contribution < -0.4 is 0 Å². The van der Waals surface area contributed by atoms with Crippen molar-refractivity contribution in [2.24, 2.45) is 0 Å². The molecule has 1 aromatic carbocycles. The van der Waals surface area contributed by atoms with E-state index in [9.17, 15) is 9.18 Å². The van der Waals surface area contributed by atoms with Crippen LogP contribution >= 0.6 is 0 Å². The highest BCUT2D eigenvalue weighted by Gasteiger charge is 2.08. The van der Waals surface area contributed by atoms with Crippen LogP contribution in [0.4, 0.5) is 4.39 Å². The summed E-state index contributed by atoms with van der Waals surface area (Å²) >= 11 is 0. The van der Waals surface area contributed by atoms with Gasteiger partial charge in [0.25, 0.3) is 0 Å². The fourth-order valence-electron chi connectivity index (χ4n) is 1.55. The highest BCUT2D eigenvalue weighted by molar-refractivity contribution is 5.91. The Morgan fingerprint density at radius 2 is 1.95 bits per heavy atom. The van der Waals surface area contributed by atoms with Crippen molar-refractivity contribution in [3.8, 4) is 11.3 Å². The monoisotopic (exact) mass is 259 g/mol. The van der Waals surface area contributed by atoms with Gasteiger partial charge < -0.3 is 9.32 Å². The van der Waals surface area contributed by atoms with Crippen LogP contribution in [-0.2, 0) is 4.79 Å². The lowest BCUT2D eigenvalue weighted by molar-refractivity contribution is -0.123. The minimum Gasteiger partial charge on any atom is -0.457 e. The molecular formula is C15H14FNO2. The third-order valence-electron chi connectivity index (χ3n) is 2.60. The quantitative estimate of drug-likeness (QED) is 0.793. The summed E-state index contributed by atoms with van der Waals surface area (Å²) in [5, 5.41) is 0. The van der Waals surface area contributed by atoms with Crippen LogP contribution in [-0.4, -0.2) is 24.9 Å². The van der Waals surface area contributed by atoms with Crippen molar-refractivity contribution in [2.75, 3.05) is 14.1 Å². The zero-order valence-corrected chi connectivity index (χ0v) is 10.8. The second-order valence-electron chi connectivity index (χ2n) is 4.25. The molecule has 1 amide bonds. The number of hydrogen-bond acceptors (Lipinski definition) is 2. The standard InChI is InChI=1S/C15H14FNO2/c1-17(2)15(18)10-8-11-7-9-14(19-11)12-5-3-4-6-13(12)16/h3-10H,1-2H3/b10-8+. The van der Waals surface area contributed by atoms with Crippen molar-refractivity contribution in [1.29, 1.82) is 0 Å². The van der Waals surface area contributed by atoms with Crippen molar-refractivity contribution in [3.63, 3.8) is 0 Å². The number of hydrogen-bond donors (Lipinski definition) is 0. The first-order valence-electron chi connectivity index (χ1n) is 5.82. The van der Waals surface area contributed by atoms with Crippen molar-refractivity contribution >= 4 is 12.0 Å². The van der Waals surface area contributed by atoms with Crippen LogP contribution in [0.15, 0.2) is 46.9 Å². The zero-order chi connectivity index (χ0) is 13.8. The molecule has 0 aliphatic heterocycles. The number of furan rings is 1. The van der Waals surface area contributed by atoms with E-state index in [-0.39, 0.29) is 11.7 Å². The second-order valence-corrected chi connectivity index (χ2v) is 4.25. The van der Waals surface area contributed by atoms with Gasteiger partial charge in [-0.15, -0.1) is 0 Å². The molecule has 1 heterocycles. The van der Waals surface area contributed by atoms with Crippen molar-refractivity contribution < 1.29 is 13.6 Å². The van der Waals surface area contributed by atoms with E-state index < -0.39 is 0 Å². The van der Waals surface area contributed by atoms with Gasteiger partial charge in [0, 0.05) is 20.2 Å². The molecule has 0 N–H and O–H groups in total. The molecule has 0 saturated heterocycles. The van der Waals surface area contributed by atoms with Gasteiger partial charge in [0.05, 0.1) is 5.56 Å². The first-order valence-corrected chi connectivity index (χ1v) is 5.82. The van der Waals surface area contributed by atoms with Gasteiger partial charge in [0.2, 0.25) is 5.91 Å². The van der Waals surface area contributed by atoms with Crippen LogP contribution in [0.3, 0.4) is 0 Å². The summed E-state index contributed by atoms with van der Waals surface area (Å²) in [6.07, 6.45) is 2.97. The van der Waals surface area contributed by atoms with Crippen LogP contribution in [0.5, 0.6) is 0 Å². The molecule has 4 heteroatoms. The molecule has 0 fully saturated rings. The van der Waals surface area contributed by atoms with Gasteiger partial charge in [0.15, 0.2) is 0 Å². The molecule has 2 rings (SSSR count). The Kier molecular flexibility index (Phi) is 3.80. The number of rotatable bonds is 3. The molecule has 1 aromatic heterocycles. The molecule has 0 radical (unpaired) electrons. The Hall–Kier alpha value is -2.36. The van der Waals surface area contributed by atoms with Crippen molar-refractivity contribution in [2.45, 2.75) is 0 Å². The Bertz CT molecular complexity index is 614. The maximum Gasteiger partial charge on any atom is 0.246 e. The van der Waals surface area contributed by atoms with Gasteiger partial charge in [-0.2, -0.15) is 0 Å². The van der Waals surface area contributed by atoms with E-state index >= 15 is 0 Å². The van der Waals surface area contributed by atoms with Crippen LogP contribution in [0.25, 0.3) is 17.4 Å². The normalized spacial score (nSPS) is 10.9. The molecule has 0 saturated carbocycles. The molecule has 0 bridgehead atoms. The summed E-state index contributed by atoms with van der Waals surface area (Å²) in [5.74, 6) is 0.476. The zero-order valence-electron chi connectivity index (χ0n) is 10.8. The minimum atomic E-state index is -0.336. The van der Waals surface area contributed by atoms with E-state index in [1.165, 1.54) is 17.0 Å². The summed E-state index contributed by atoms with van der Waals surface area (Å²) in [6, 6.07) is 9.76. The Balaban J connectivity index is 2.21. The first-order chi connectivity index (χ1) is 9.08. The van der Waals surface area contributed by atoms with Gasteiger partial charge in [-0.25, -0.2) is 4.39 Å². The van der Waals surface area contributed by atoms with E-state index in [2.05, 4.69) is 0 Å². The lowest BCUT2D eigenvalue weighted by Gasteiger charge is -2.04. The summed E-state index contributed by atoms with van der Waals surface area (Å²) in [6.45, 7) is 0. The smallest absolute Gasteiger partial charge is 0.246 e. The fourth-order valence-corrected chi connectivity index (χ4v) is 1.55. The predicted octanol–water partition coefficient (Wildman–Crippen LogP) is 3.19. The summed E-state index contributed by atoms with van der Waals surface area (Å²) in [7, 11) is 3.33. The number of carbonyl (C=O) groups excluding carboxylic acids is 1. The largest absolute Gasteiger partial charge is 0.457 e. The Morgan fingerprint density at radius 3 is 2.63 bits per heavy atom. The van der Waals surface area contributed by atoms with E-state index in [4.69, 9.17) is 4.42 Å². The van der Waals surface area contributed by atoms with Gasteiger partial charge in [-0.05, 0) is 30.3 Å². The summed E-state index contributed by atoms with van der Waals surface area (Å²) in [5.41, 5.74) is 0.404. The number of likely N-dealkylation sites (N-methyl/N-ethyl adjacent to an activating group) is 1. The van der Waals surface area contributed by atoms with Crippen molar-refractivity contribution in [1.82, 2.24) is 4.90 Å². The molecule has 0 spiro atoms. The SMILES string of the molecule is CN(C)C(=O)/C=C/c1ccc(-c2ccccc2F)o1. The van der Waals surface area contributed by atoms with Crippen LogP contribution in [0.1, 0.15) is 5.76 Å². The topological polar surface area (TPSA) is 33.5 Å². The number of amides is 1. The molecule has 19 heavy (non-hydrogen) atoms. The molecule has 0 aliphatic rings. The Morgan fingerprint density at radius 1 is 1.21 bits per heavy atom. The number of halogens is 1. The van der Waals surface area contributed by atoms with Gasteiger partial charge in [-0.1, -0.05) is 12.1 Å². The first kappa shape index (κ1) is 13.1. The molecule has 0 unspecified atom stereocenters. The molecule has 2 aromatic rings. The third-order valence-corrected chi connectivity index (χ3v) is 2.60. The lowest BCUT2D eigenvalue weighted by atomic mass is 10.1. The van der Waals surface area contributed by atoms with Gasteiger partial charge in [0.1, 0.15) is 17.3 Å². The maximum absolute atomic E-state index is 13.6. The average molecular weight is 259 g/mol. The maximum atomic E-state index is 13.6. The molecule has 98 valence electrons. The van der Waals surface area contributed by atoms with Gasteiger partial charge >= 0.3 is 0 Å². The van der Waals surface area contributed by atoms with E-state index in [0.717, 1.165) is 0 Å². The lowest BCUT2D eigenvalue weighted by Crippen LogP contribution is -2.18. The number of benzene rings is 1. The van der Waals surface area contributed by atoms with E-state index in [1.807, 2.05) is 0 Å². The molecule has 0 atom stereocenters. The molecule has 3 nitrogen and oxygen atoms in total. The third kappa shape index (κ3) is 3.10. The highest BCUT2D eigenvalue weighted by atomic mass is 19.1. The summed E-state index contributed by atoms with van der Waals surface area (Å²) in [4.78, 5) is 12.8.